The summed E-state index contributed by atoms with van der Waals surface area (Å²) >= 11 is 0. The zero-order chi connectivity index (χ0) is 15.2. The summed E-state index contributed by atoms with van der Waals surface area (Å²) in [6.07, 6.45) is 0.706. The van der Waals surface area contributed by atoms with Gasteiger partial charge in [-0.1, -0.05) is 18.2 Å². The molecule has 2 aromatic carbocycles. The predicted molar refractivity (Wildman–Crippen MR) is 78.4 cm³/mol. The maximum absolute atomic E-state index is 13.1. The smallest absolute Gasteiger partial charge is 0.255 e. The van der Waals surface area contributed by atoms with Gasteiger partial charge in [0.2, 0.25) is 0 Å². The molecule has 0 aliphatic rings. The highest BCUT2D eigenvalue weighted by molar-refractivity contribution is 6.05. The third-order valence-corrected chi connectivity index (χ3v) is 3.08. The lowest BCUT2D eigenvalue weighted by molar-refractivity contribution is 0.102. The van der Waals surface area contributed by atoms with Gasteiger partial charge in [0.25, 0.3) is 5.91 Å². The summed E-state index contributed by atoms with van der Waals surface area (Å²) in [6.45, 7) is 0.746. The minimum Gasteiger partial charge on any atom is -0.322 e. The molecule has 0 spiro atoms. The summed E-state index contributed by atoms with van der Waals surface area (Å²) in [5.74, 6) is -2.27. The Labute approximate surface area is 122 Å². The van der Waals surface area contributed by atoms with Crippen molar-refractivity contribution in [3.05, 3.63) is 65.2 Å². The molecule has 0 atom stereocenters. The van der Waals surface area contributed by atoms with Crippen LogP contribution in [-0.2, 0) is 6.42 Å². The van der Waals surface area contributed by atoms with E-state index in [2.05, 4.69) is 10.6 Å². The number of benzene rings is 2. The Bertz CT molecular complexity index is 644. The van der Waals surface area contributed by atoms with Crippen molar-refractivity contribution < 1.29 is 13.6 Å². The number of rotatable bonds is 5. The number of halogens is 2. The van der Waals surface area contributed by atoms with E-state index in [-0.39, 0.29) is 11.6 Å². The minimum atomic E-state index is -0.990. The first-order valence-corrected chi connectivity index (χ1v) is 6.60. The lowest BCUT2D eigenvalue weighted by Crippen LogP contribution is -2.17. The molecule has 2 aromatic rings. The minimum absolute atomic E-state index is 0.224. The Hall–Kier alpha value is -2.27. The summed E-state index contributed by atoms with van der Waals surface area (Å²) in [6, 6.07) is 10.5. The SMILES string of the molecule is CNCCc1ccccc1C(=O)Nc1ccc(F)c(F)c1. The number of anilines is 1. The Morgan fingerprint density at radius 1 is 1.10 bits per heavy atom. The number of amides is 1. The van der Waals surface area contributed by atoms with Gasteiger partial charge in [0.1, 0.15) is 0 Å². The second kappa shape index (κ2) is 6.95. The van der Waals surface area contributed by atoms with E-state index in [0.717, 1.165) is 24.2 Å². The highest BCUT2D eigenvalue weighted by Crippen LogP contribution is 2.16. The molecule has 0 heterocycles. The lowest BCUT2D eigenvalue weighted by Gasteiger charge is -2.10. The van der Waals surface area contributed by atoms with Crippen LogP contribution in [-0.4, -0.2) is 19.5 Å². The highest BCUT2D eigenvalue weighted by Gasteiger charge is 2.12. The maximum atomic E-state index is 13.1. The van der Waals surface area contributed by atoms with Crippen molar-refractivity contribution in [3.8, 4) is 0 Å². The van der Waals surface area contributed by atoms with Crippen LogP contribution in [0.1, 0.15) is 15.9 Å². The molecule has 110 valence electrons. The summed E-state index contributed by atoms with van der Waals surface area (Å²) < 4.78 is 26.0. The van der Waals surface area contributed by atoms with Crippen LogP contribution >= 0.6 is 0 Å². The average Bonchev–Trinajstić information content (AvgIpc) is 2.49. The molecule has 1 amide bonds. The van der Waals surface area contributed by atoms with Gasteiger partial charge in [-0.25, -0.2) is 8.78 Å². The van der Waals surface area contributed by atoms with Crippen molar-refractivity contribution in [1.29, 1.82) is 0 Å². The molecule has 21 heavy (non-hydrogen) atoms. The van der Waals surface area contributed by atoms with Crippen LogP contribution in [0, 0.1) is 11.6 Å². The Morgan fingerprint density at radius 2 is 1.86 bits per heavy atom. The first-order chi connectivity index (χ1) is 10.1. The van der Waals surface area contributed by atoms with Crippen molar-refractivity contribution in [1.82, 2.24) is 5.32 Å². The molecule has 0 unspecified atom stereocenters. The van der Waals surface area contributed by atoms with Crippen LogP contribution in [0.4, 0.5) is 14.5 Å². The Kier molecular flexibility index (Phi) is 5.00. The van der Waals surface area contributed by atoms with E-state index in [1.165, 1.54) is 6.07 Å². The monoisotopic (exact) mass is 290 g/mol. The molecule has 0 aromatic heterocycles. The molecule has 0 radical (unpaired) electrons. The topological polar surface area (TPSA) is 41.1 Å². The number of hydrogen-bond acceptors (Lipinski definition) is 2. The normalized spacial score (nSPS) is 10.4. The van der Waals surface area contributed by atoms with Crippen LogP contribution in [0.5, 0.6) is 0 Å². The largest absolute Gasteiger partial charge is 0.322 e. The third kappa shape index (κ3) is 3.86. The van der Waals surface area contributed by atoms with Crippen molar-refractivity contribution in [2.24, 2.45) is 0 Å². The van der Waals surface area contributed by atoms with Gasteiger partial charge < -0.3 is 10.6 Å². The Morgan fingerprint density at radius 3 is 2.57 bits per heavy atom. The third-order valence-electron chi connectivity index (χ3n) is 3.08. The highest BCUT2D eigenvalue weighted by atomic mass is 19.2. The van der Waals surface area contributed by atoms with Crippen molar-refractivity contribution in [2.45, 2.75) is 6.42 Å². The van der Waals surface area contributed by atoms with Gasteiger partial charge in [-0.15, -0.1) is 0 Å². The predicted octanol–water partition coefficient (Wildman–Crippen LogP) is 2.98. The molecule has 0 saturated heterocycles. The molecule has 2 N–H and O–H groups in total. The summed E-state index contributed by atoms with van der Waals surface area (Å²) in [7, 11) is 1.84. The van der Waals surface area contributed by atoms with Crippen molar-refractivity contribution >= 4 is 11.6 Å². The summed E-state index contributed by atoms with van der Waals surface area (Å²) in [4.78, 5) is 12.2. The molecule has 0 bridgehead atoms. The molecular weight excluding hydrogens is 274 g/mol. The average molecular weight is 290 g/mol. The van der Waals surface area contributed by atoms with Gasteiger partial charge in [-0.2, -0.15) is 0 Å². The molecule has 2 rings (SSSR count). The molecule has 0 fully saturated rings. The van der Waals surface area contributed by atoms with Crippen molar-refractivity contribution in [3.63, 3.8) is 0 Å². The number of carbonyl (C=O) groups is 1. The number of hydrogen-bond donors (Lipinski definition) is 2. The van der Waals surface area contributed by atoms with E-state index in [0.29, 0.717) is 12.0 Å². The summed E-state index contributed by atoms with van der Waals surface area (Å²) in [5, 5.41) is 5.60. The zero-order valence-corrected chi connectivity index (χ0v) is 11.6. The van der Waals surface area contributed by atoms with Crippen LogP contribution in [0.3, 0.4) is 0 Å². The summed E-state index contributed by atoms with van der Waals surface area (Å²) in [5.41, 5.74) is 1.65. The number of carbonyl (C=O) groups excluding carboxylic acids is 1. The van der Waals surface area contributed by atoms with E-state index < -0.39 is 11.6 Å². The van der Waals surface area contributed by atoms with Crippen LogP contribution < -0.4 is 10.6 Å². The fourth-order valence-electron chi connectivity index (χ4n) is 1.99. The van der Waals surface area contributed by atoms with Crippen LogP contribution in [0.2, 0.25) is 0 Å². The van der Waals surface area contributed by atoms with E-state index in [1.54, 1.807) is 12.1 Å². The maximum Gasteiger partial charge on any atom is 0.255 e. The quantitative estimate of drug-likeness (QED) is 0.889. The molecule has 0 saturated carbocycles. The molecular formula is C16H16F2N2O. The lowest BCUT2D eigenvalue weighted by atomic mass is 10.0. The van der Waals surface area contributed by atoms with E-state index >= 15 is 0 Å². The molecule has 3 nitrogen and oxygen atoms in total. The first-order valence-electron chi connectivity index (χ1n) is 6.60. The van der Waals surface area contributed by atoms with Crippen molar-refractivity contribution in [2.75, 3.05) is 18.9 Å². The van der Waals surface area contributed by atoms with E-state index in [9.17, 15) is 13.6 Å². The zero-order valence-electron chi connectivity index (χ0n) is 11.6. The fourth-order valence-corrected chi connectivity index (χ4v) is 1.99. The molecule has 5 heteroatoms. The van der Waals surface area contributed by atoms with Gasteiger partial charge in [0.15, 0.2) is 11.6 Å². The number of nitrogens with one attached hydrogen (secondary N) is 2. The van der Waals surface area contributed by atoms with Gasteiger partial charge in [0, 0.05) is 17.3 Å². The van der Waals surface area contributed by atoms with Crippen LogP contribution in [0.15, 0.2) is 42.5 Å². The van der Waals surface area contributed by atoms with Gasteiger partial charge in [0.05, 0.1) is 0 Å². The van der Waals surface area contributed by atoms with Crippen LogP contribution in [0.25, 0.3) is 0 Å². The standard InChI is InChI=1S/C16H16F2N2O/c1-19-9-8-11-4-2-3-5-13(11)16(21)20-12-6-7-14(17)15(18)10-12/h2-7,10,19H,8-9H2,1H3,(H,20,21). The van der Waals surface area contributed by atoms with Gasteiger partial charge in [-0.3, -0.25) is 4.79 Å². The second-order valence-electron chi connectivity index (χ2n) is 4.59. The van der Waals surface area contributed by atoms with E-state index in [4.69, 9.17) is 0 Å². The second-order valence-corrected chi connectivity index (χ2v) is 4.59. The molecule has 0 aliphatic carbocycles. The van der Waals surface area contributed by atoms with Gasteiger partial charge >= 0.3 is 0 Å². The van der Waals surface area contributed by atoms with Gasteiger partial charge in [-0.05, 0) is 43.8 Å². The fraction of sp³-hybridized carbons (Fsp3) is 0.188. The Balaban J connectivity index is 2.18. The van der Waals surface area contributed by atoms with E-state index in [1.807, 2.05) is 19.2 Å². The molecule has 0 aliphatic heterocycles. The first kappa shape index (κ1) is 15.1. The number of likely N-dealkylation sites (N-methyl/N-ethyl adjacent to an activating group) is 1.